The molecule has 3 nitrogen and oxygen atoms in total. The van der Waals surface area contributed by atoms with Gasteiger partial charge in [-0.1, -0.05) is 0 Å². The molecule has 1 fully saturated rings. The summed E-state index contributed by atoms with van der Waals surface area (Å²) in [5.41, 5.74) is 0. The first kappa shape index (κ1) is 15.1. The molecular formula is C10H22O3. The van der Waals surface area contributed by atoms with Crippen molar-refractivity contribution in [2.45, 2.75) is 46.6 Å². The Morgan fingerprint density at radius 3 is 1.54 bits per heavy atom. The summed E-state index contributed by atoms with van der Waals surface area (Å²) in [6, 6.07) is 0. The summed E-state index contributed by atoms with van der Waals surface area (Å²) in [4.78, 5) is 9.44. The van der Waals surface area contributed by atoms with Crippen molar-refractivity contribution in [1.82, 2.24) is 0 Å². The van der Waals surface area contributed by atoms with Gasteiger partial charge in [0.2, 0.25) is 0 Å². The van der Waals surface area contributed by atoms with E-state index in [-0.39, 0.29) is 11.9 Å². The minimum Gasteiger partial charge on any atom is -0.394 e. The summed E-state index contributed by atoms with van der Waals surface area (Å²) in [7, 11) is 0. The topological polar surface area (TPSA) is 46.5 Å². The summed E-state index contributed by atoms with van der Waals surface area (Å²) < 4.78 is 4.94. The highest BCUT2D eigenvalue weighted by Gasteiger charge is 1.94. The van der Waals surface area contributed by atoms with Gasteiger partial charge in [0.25, 0.3) is 0 Å². The number of aliphatic hydroxyl groups is 1. The highest BCUT2D eigenvalue weighted by atomic mass is 16.5. The molecule has 0 radical (unpaired) electrons. The van der Waals surface area contributed by atoms with E-state index in [1.807, 2.05) is 0 Å². The SMILES string of the molecule is C1CCOC1.CC(C)=O.CC(C)O. The first-order valence-electron chi connectivity index (χ1n) is 4.69. The van der Waals surface area contributed by atoms with Crippen molar-refractivity contribution in [3.63, 3.8) is 0 Å². The van der Waals surface area contributed by atoms with Gasteiger partial charge in [0.05, 0.1) is 0 Å². The Labute approximate surface area is 81.1 Å². The number of carbonyl (C=O) groups excluding carboxylic acids is 1. The highest BCUT2D eigenvalue weighted by molar-refractivity contribution is 5.72. The number of hydrogen-bond donors (Lipinski definition) is 1. The lowest BCUT2D eigenvalue weighted by Gasteiger charge is -1.80. The number of hydrogen-bond acceptors (Lipinski definition) is 3. The van der Waals surface area contributed by atoms with E-state index in [1.165, 1.54) is 26.7 Å². The molecule has 1 rings (SSSR count). The van der Waals surface area contributed by atoms with E-state index in [9.17, 15) is 4.79 Å². The maximum absolute atomic E-state index is 9.44. The van der Waals surface area contributed by atoms with Gasteiger partial charge in [-0.2, -0.15) is 0 Å². The van der Waals surface area contributed by atoms with Gasteiger partial charge in [-0.25, -0.2) is 0 Å². The van der Waals surface area contributed by atoms with Crippen LogP contribution in [0.4, 0.5) is 0 Å². The molecule has 1 N–H and O–H groups in total. The molecule has 1 saturated heterocycles. The smallest absolute Gasteiger partial charge is 0.126 e. The van der Waals surface area contributed by atoms with Crippen LogP contribution in [0.5, 0.6) is 0 Å². The minimum atomic E-state index is -0.167. The predicted molar refractivity (Wildman–Crippen MR) is 53.8 cm³/mol. The fourth-order valence-electron chi connectivity index (χ4n) is 0.510. The molecule has 0 aromatic carbocycles. The molecule has 13 heavy (non-hydrogen) atoms. The second-order valence-electron chi connectivity index (χ2n) is 3.32. The van der Waals surface area contributed by atoms with Crippen molar-refractivity contribution in [2.75, 3.05) is 13.2 Å². The molecular weight excluding hydrogens is 168 g/mol. The predicted octanol–water partition coefficient (Wildman–Crippen LogP) is 1.78. The second-order valence-corrected chi connectivity index (χ2v) is 3.32. The largest absolute Gasteiger partial charge is 0.394 e. The van der Waals surface area contributed by atoms with Crippen LogP contribution >= 0.6 is 0 Å². The Hall–Kier alpha value is -0.410. The molecule has 3 heteroatoms. The molecule has 0 saturated carbocycles. The van der Waals surface area contributed by atoms with Crippen LogP contribution < -0.4 is 0 Å². The minimum absolute atomic E-state index is 0.167. The Morgan fingerprint density at radius 2 is 1.46 bits per heavy atom. The zero-order valence-electron chi connectivity index (χ0n) is 9.17. The van der Waals surface area contributed by atoms with E-state index in [1.54, 1.807) is 13.8 Å². The number of carbonyl (C=O) groups is 1. The van der Waals surface area contributed by atoms with Gasteiger partial charge in [-0.3, -0.25) is 0 Å². The maximum atomic E-state index is 9.44. The third-order valence-corrected chi connectivity index (χ3v) is 0.827. The second kappa shape index (κ2) is 11.6. The zero-order chi connectivity index (χ0) is 10.7. The lowest BCUT2D eigenvalue weighted by atomic mass is 10.4. The average molecular weight is 190 g/mol. The third-order valence-electron chi connectivity index (χ3n) is 0.827. The summed E-state index contributed by atoms with van der Waals surface area (Å²) in [5.74, 6) is 0.167. The number of aliphatic hydroxyl groups excluding tert-OH is 1. The van der Waals surface area contributed by atoms with Crippen molar-refractivity contribution < 1.29 is 14.6 Å². The molecule has 80 valence electrons. The number of Topliss-reactive ketones (excluding diaryl/α,β-unsaturated/α-hetero) is 1. The van der Waals surface area contributed by atoms with Gasteiger partial charge in [0, 0.05) is 19.3 Å². The van der Waals surface area contributed by atoms with Crippen molar-refractivity contribution in [3.05, 3.63) is 0 Å². The van der Waals surface area contributed by atoms with Gasteiger partial charge < -0.3 is 14.6 Å². The molecule has 1 aliphatic heterocycles. The molecule has 1 heterocycles. The fraction of sp³-hybridized carbons (Fsp3) is 0.900. The maximum Gasteiger partial charge on any atom is 0.126 e. The Bertz CT molecular complexity index is 92.4. The molecule has 0 aromatic heterocycles. The Balaban J connectivity index is 0. The number of ketones is 1. The lowest BCUT2D eigenvalue weighted by molar-refractivity contribution is -0.114. The fourth-order valence-corrected chi connectivity index (χ4v) is 0.510. The van der Waals surface area contributed by atoms with Crippen LogP contribution in [-0.2, 0) is 9.53 Å². The average Bonchev–Trinajstić information content (AvgIpc) is 2.35. The molecule has 0 atom stereocenters. The van der Waals surface area contributed by atoms with Gasteiger partial charge in [0.1, 0.15) is 5.78 Å². The molecule has 0 amide bonds. The van der Waals surface area contributed by atoms with Gasteiger partial charge in [-0.15, -0.1) is 0 Å². The summed E-state index contributed by atoms with van der Waals surface area (Å²) >= 11 is 0. The van der Waals surface area contributed by atoms with Crippen LogP contribution in [0.2, 0.25) is 0 Å². The van der Waals surface area contributed by atoms with E-state index in [0.717, 1.165) is 13.2 Å². The lowest BCUT2D eigenvalue weighted by Crippen LogP contribution is -1.85. The first-order chi connectivity index (χ1) is 5.96. The van der Waals surface area contributed by atoms with Crippen molar-refractivity contribution in [1.29, 1.82) is 0 Å². The van der Waals surface area contributed by atoms with Crippen LogP contribution in [0.25, 0.3) is 0 Å². The van der Waals surface area contributed by atoms with E-state index in [4.69, 9.17) is 9.84 Å². The van der Waals surface area contributed by atoms with E-state index < -0.39 is 0 Å². The van der Waals surface area contributed by atoms with Crippen molar-refractivity contribution >= 4 is 5.78 Å². The number of rotatable bonds is 0. The summed E-state index contributed by atoms with van der Waals surface area (Å²) in [5, 5.41) is 8.06. The van der Waals surface area contributed by atoms with Crippen LogP contribution in [-0.4, -0.2) is 30.2 Å². The standard InChI is InChI=1S/C4H8O.C3H8O.C3H6O/c1-2-4-5-3-1;2*1-3(2)4/h1-4H2;3-4H,1-2H3;1-2H3. The molecule has 0 spiro atoms. The zero-order valence-corrected chi connectivity index (χ0v) is 9.17. The normalized spacial score (nSPS) is 14.0. The van der Waals surface area contributed by atoms with Gasteiger partial charge in [-0.05, 0) is 40.5 Å². The van der Waals surface area contributed by atoms with E-state index in [2.05, 4.69) is 0 Å². The molecule has 0 unspecified atom stereocenters. The van der Waals surface area contributed by atoms with Gasteiger partial charge in [0.15, 0.2) is 0 Å². The van der Waals surface area contributed by atoms with Crippen LogP contribution in [0.15, 0.2) is 0 Å². The molecule has 0 aromatic rings. The summed E-state index contributed by atoms with van der Waals surface area (Å²) in [6.07, 6.45) is 2.39. The van der Waals surface area contributed by atoms with E-state index in [0.29, 0.717) is 0 Å². The van der Waals surface area contributed by atoms with Crippen LogP contribution in [0.3, 0.4) is 0 Å². The molecule has 1 aliphatic rings. The van der Waals surface area contributed by atoms with Crippen LogP contribution in [0, 0.1) is 0 Å². The molecule has 0 aliphatic carbocycles. The highest BCUT2D eigenvalue weighted by Crippen LogP contribution is 1.98. The van der Waals surface area contributed by atoms with Gasteiger partial charge >= 0.3 is 0 Å². The Kier molecular flexibility index (Phi) is 13.4. The first-order valence-corrected chi connectivity index (χ1v) is 4.69. The van der Waals surface area contributed by atoms with E-state index >= 15 is 0 Å². The van der Waals surface area contributed by atoms with Crippen molar-refractivity contribution in [3.8, 4) is 0 Å². The monoisotopic (exact) mass is 190 g/mol. The third kappa shape index (κ3) is 50.6. The van der Waals surface area contributed by atoms with Crippen molar-refractivity contribution in [2.24, 2.45) is 0 Å². The van der Waals surface area contributed by atoms with Crippen LogP contribution in [0.1, 0.15) is 40.5 Å². The number of ether oxygens (including phenoxy) is 1. The summed E-state index contributed by atoms with van der Waals surface area (Å²) in [6.45, 7) is 8.50. The molecule has 0 bridgehead atoms. The Morgan fingerprint density at radius 1 is 1.23 bits per heavy atom. The quantitative estimate of drug-likeness (QED) is 0.633.